The third-order valence-electron chi connectivity index (χ3n) is 1.70. The van der Waals surface area contributed by atoms with Gasteiger partial charge in [-0.25, -0.2) is 8.78 Å². The first-order valence-electron chi connectivity index (χ1n) is 4.59. The van der Waals surface area contributed by atoms with Crippen LogP contribution in [-0.2, 0) is 0 Å². The number of terminal acetylenes is 1. The predicted octanol–water partition coefficient (Wildman–Crippen LogP) is 3.21. The van der Waals surface area contributed by atoms with Crippen LogP contribution >= 0.6 is 0 Å². The molecule has 0 amide bonds. The molecule has 7 heteroatoms. The summed E-state index contributed by atoms with van der Waals surface area (Å²) in [6.45, 7) is -1.04. The van der Waals surface area contributed by atoms with E-state index in [0.717, 1.165) is 12.1 Å². The van der Waals surface area contributed by atoms with Crippen molar-refractivity contribution in [3.8, 4) is 23.8 Å². The van der Waals surface area contributed by atoms with Crippen molar-refractivity contribution in [3.63, 3.8) is 0 Å². The van der Waals surface area contributed by atoms with Crippen molar-refractivity contribution in [2.45, 2.75) is 12.8 Å². The normalized spacial score (nSPS) is 11.2. The highest BCUT2D eigenvalue weighted by molar-refractivity contribution is 5.47. The van der Waals surface area contributed by atoms with Crippen molar-refractivity contribution in [1.29, 1.82) is 0 Å². The monoisotopic (exact) mass is 266 g/mol. The number of ether oxygens (including phenoxy) is 2. The average molecular weight is 266 g/mol. The Bertz CT molecular complexity index is 448. The molecule has 0 aliphatic carbocycles. The van der Waals surface area contributed by atoms with E-state index in [0.29, 0.717) is 0 Å². The molecule has 0 radical (unpaired) electrons. The molecule has 98 valence electrons. The Hall–Kier alpha value is -1.97. The van der Waals surface area contributed by atoms with Gasteiger partial charge in [0.1, 0.15) is 6.61 Å². The molecular weight excluding hydrogens is 259 g/mol. The summed E-state index contributed by atoms with van der Waals surface area (Å²) in [7, 11) is 0. The molecule has 0 unspecified atom stereocenters. The molecule has 0 atom stereocenters. The van der Waals surface area contributed by atoms with Crippen LogP contribution in [0.2, 0.25) is 0 Å². The molecule has 1 aromatic carbocycles. The highest BCUT2D eigenvalue weighted by Crippen LogP contribution is 2.33. The highest BCUT2D eigenvalue weighted by Gasteiger charge is 2.32. The minimum Gasteiger partial charge on any atom is -0.484 e. The number of rotatable bonds is 4. The van der Waals surface area contributed by atoms with Gasteiger partial charge >= 0.3 is 6.36 Å². The van der Waals surface area contributed by atoms with Crippen molar-refractivity contribution in [1.82, 2.24) is 0 Å². The van der Waals surface area contributed by atoms with Crippen LogP contribution in [0.3, 0.4) is 0 Å². The molecular formula is C11H7F5O2. The van der Waals surface area contributed by atoms with Crippen LogP contribution in [0.15, 0.2) is 18.2 Å². The first-order chi connectivity index (χ1) is 8.31. The van der Waals surface area contributed by atoms with Gasteiger partial charge in [0.05, 0.1) is 0 Å². The Labute approximate surface area is 99.3 Å². The Morgan fingerprint density at radius 1 is 1.22 bits per heavy atom. The summed E-state index contributed by atoms with van der Waals surface area (Å²) >= 11 is 0. The lowest BCUT2D eigenvalue weighted by molar-refractivity contribution is -0.275. The molecule has 1 rings (SSSR count). The van der Waals surface area contributed by atoms with Gasteiger partial charge in [0, 0.05) is 11.6 Å². The zero-order valence-electron chi connectivity index (χ0n) is 8.80. The summed E-state index contributed by atoms with van der Waals surface area (Å²) in [5.41, 5.74) is 0.110. The van der Waals surface area contributed by atoms with E-state index in [1.165, 1.54) is 6.07 Å². The van der Waals surface area contributed by atoms with Crippen LogP contribution in [-0.4, -0.2) is 19.4 Å². The number of hydrogen-bond donors (Lipinski definition) is 0. The molecule has 0 fully saturated rings. The Balaban J connectivity index is 2.98. The number of benzene rings is 1. The van der Waals surface area contributed by atoms with Gasteiger partial charge in [-0.15, -0.1) is 19.6 Å². The molecule has 0 saturated carbocycles. The maximum atomic E-state index is 12.1. The molecule has 0 aromatic heterocycles. The molecule has 0 N–H and O–H groups in total. The quantitative estimate of drug-likeness (QED) is 0.615. The van der Waals surface area contributed by atoms with Crippen LogP contribution in [0.1, 0.15) is 5.56 Å². The van der Waals surface area contributed by atoms with Crippen LogP contribution in [0.5, 0.6) is 11.5 Å². The molecule has 0 aliphatic rings. The molecule has 18 heavy (non-hydrogen) atoms. The zero-order valence-corrected chi connectivity index (χ0v) is 8.80. The molecule has 0 heterocycles. The van der Waals surface area contributed by atoms with Crippen LogP contribution in [0.25, 0.3) is 0 Å². The van der Waals surface area contributed by atoms with E-state index in [9.17, 15) is 22.0 Å². The third-order valence-corrected chi connectivity index (χ3v) is 1.70. The fourth-order valence-corrected chi connectivity index (χ4v) is 1.07. The molecule has 0 spiro atoms. The number of alkyl halides is 5. The van der Waals surface area contributed by atoms with E-state index >= 15 is 0 Å². The topological polar surface area (TPSA) is 18.5 Å². The van der Waals surface area contributed by atoms with Crippen molar-refractivity contribution in [3.05, 3.63) is 23.8 Å². The van der Waals surface area contributed by atoms with Crippen LogP contribution in [0, 0.1) is 12.3 Å². The molecule has 0 bridgehead atoms. The van der Waals surface area contributed by atoms with E-state index in [2.05, 4.69) is 15.4 Å². The summed E-state index contributed by atoms with van der Waals surface area (Å²) in [5, 5.41) is 0. The Kier molecular flexibility index (Phi) is 4.37. The molecule has 0 aliphatic heterocycles. The van der Waals surface area contributed by atoms with Crippen LogP contribution < -0.4 is 9.47 Å². The summed E-state index contributed by atoms with van der Waals surface area (Å²) in [4.78, 5) is 0. The minimum atomic E-state index is -4.96. The molecule has 1 aromatic rings. The Morgan fingerprint density at radius 3 is 2.39 bits per heavy atom. The van der Waals surface area contributed by atoms with E-state index in [-0.39, 0.29) is 5.56 Å². The van der Waals surface area contributed by atoms with Gasteiger partial charge in [0.15, 0.2) is 11.5 Å². The summed E-state index contributed by atoms with van der Waals surface area (Å²) in [6, 6.07) is 3.18. The first kappa shape index (κ1) is 14.1. The molecule has 0 saturated heterocycles. The minimum absolute atomic E-state index is 0.110. The lowest BCUT2D eigenvalue weighted by Crippen LogP contribution is -2.18. The predicted molar refractivity (Wildman–Crippen MR) is 52.6 cm³/mol. The van der Waals surface area contributed by atoms with Gasteiger partial charge in [-0.2, -0.15) is 0 Å². The second-order valence-electron chi connectivity index (χ2n) is 3.06. The summed E-state index contributed by atoms with van der Waals surface area (Å²) < 4.78 is 68.2. The van der Waals surface area contributed by atoms with Gasteiger partial charge < -0.3 is 9.47 Å². The lowest BCUT2D eigenvalue weighted by Gasteiger charge is -2.14. The largest absolute Gasteiger partial charge is 0.573 e. The van der Waals surface area contributed by atoms with E-state index in [1.54, 1.807) is 0 Å². The molecule has 2 nitrogen and oxygen atoms in total. The van der Waals surface area contributed by atoms with Crippen molar-refractivity contribution < 1.29 is 31.4 Å². The highest BCUT2D eigenvalue weighted by atomic mass is 19.4. The zero-order chi connectivity index (χ0) is 13.8. The average Bonchev–Trinajstić information content (AvgIpc) is 2.25. The number of hydrogen-bond acceptors (Lipinski definition) is 2. The standard InChI is InChI=1S/C11H7F5O2/c1-2-7-3-4-8(17-6-10(12)13)9(5-7)18-11(14,15)16/h1,3-5,10H,6H2. The van der Waals surface area contributed by atoms with E-state index in [4.69, 9.17) is 6.42 Å². The Morgan fingerprint density at radius 2 is 1.89 bits per heavy atom. The lowest BCUT2D eigenvalue weighted by atomic mass is 10.2. The smallest absolute Gasteiger partial charge is 0.484 e. The second-order valence-corrected chi connectivity index (χ2v) is 3.06. The van der Waals surface area contributed by atoms with Gasteiger partial charge in [-0.3, -0.25) is 0 Å². The van der Waals surface area contributed by atoms with Crippen molar-refractivity contribution >= 4 is 0 Å². The second kappa shape index (κ2) is 5.58. The van der Waals surface area contributed by atoms with E-state index in [1.807, 2.05) is 0 Å². The van der Waals surface area contributed by atoms with Crippen LogP contribution in [0.4, 0.5) is 22.0 Å². The summed E-state index contributed by atoms with van der Waals surface area (Å²) in [6.07, 6.45) is -2.76. The van der Waals surface area contributed by atoms with Gasteiger partial charge in [-0.05, 0) is 12.1 Å². The fraction of sp³-hybridized carbons (Fsp3) is 0.273. The van der Waals surface area contributed by atoms with Crippen molar-refractivity contribution in [2.75, 3.05) is 6.61 Å². The van der Waals surface area contributed by atoms with Crippen molar-refractivity contribution in [2.24, 2.45) is 0 Å². The SMILES string of the molecule is C#Cc1ccc(OCC(F)F)c(OC(F)(F)F)c1. The van der Waals surface area contributed by atoms with Gasteiger partial charge in [0.2, 0.25) is 0 Å². The summed E-state index contributed by atoms with van der Waals surface area (Å²) in [5.74, 6) is 0.891. The first-order valence-corrected chi connectivity index (χ1v) is 4.59. The van der Waals surface area contributed by atoms with E-state index < -0.39 is 30.9 Å². The van der Waals surface area contributed by atoms with Gasteiger partial charge in [-0.1, -0.05) is 5.92 Å². The maximum absolute atomic E-state index is 12.1. The maximum Gasteiger partial charge on any atom is 0.573 e. The third kappa shape index (κ3) is 4.49. The fourth-order valence-electron chi connectivity index (χ4n) is 1.07. The van der Waals surface area contributed by atoms with Gasteiger partial charge in [0.25, 0.3) is 6.43 Å². The number of halogens is 5.